The zero-order valence-electron chi connectivity index (χ0n) is 8.53. The van der Waals surface area contributed by atoms with Crippen molar-refractivity contribution in [2.24, 2.45) is 5.73 Å². The maximum absolute atomic E-state index is 10.4. The number of aryl methyl sites for hydroxylation is 1. The van der Waals surface area contributed by atoms with Gasteiger partial charge in [-0.15, -0.1) is 0 Å². The Hall–Kier alpha value is -0.870. The van der Waals surface area contributed by atoms with Crippen LogP contribution in [0.5, 0.6) is 0 Å². The number of hydrogen-bond acceptors (Lipinski definition) is 2. The molecule has 1 unspecified atom stereocenters. The third-order valence-corrected chi connectivity index (χ3v) is 2.91. The summed E-state index contributed by atoms with van der Waals surface area (Å²) in [4.78, 5) is 10.4. The number of aliphatic carboxylic acids is 1. The Balaban J connectivity index is 2.73. The molecule has 0 aliphatic heterocycles. The van der Waals surface area contributed by atoms with E-state index in [9.17, 15) is 4.79 Å². The minimum atomic E-state index is -0.811. The van der Waals surface area contributed by atoms with Gasteiger partial charge in [-0.1, -0.05) is 28.1 Å². The predicted octanol–water partition coefficient (Wildman–Crippen LogP) is 2.62. The van der Waals surface area contributed by atoms with Gasteiger partial charge >= 0.3 is 5.97 Å². The van der Waals surface area contributed by atoms with Crippen LogP contribution in [0, 0.1) is 6.92 Å². The highest BCUT2D eigenvalue weighted by Crippen LogP contribution is 2.25. The zero-order chi connectivity index (χ0) is 11.4. The average molecular weight is 272 g/mol. The second kappa shape index (κ2) is 5.28. The molecule has 82 valence electrons. The molecule has 0 bridgehead atoms. The Bertz CT molecular complexity index is 366. The molecule has 3 N–H and O–H groups in total. The summed E-state index contributed by atoms with van der Waals surface area (Å²) >= 11 is 3.43. The summed E-state index contributed by atoms with van der Waals surface area (Å²) in [6.07, 6.45) is 0.554. The maximum Gasteiger partial charge on any atom is 0.303 e. The van der Waals surface area contributed by atoms with Crippen LogP contribution in [0.25, 0.3) is 0 Å². The minimum Gasteiger partial charge on any atom is -0.481 e. The Morgan fingerprint density at radius 3 is 2.80 bits per heavy atom. The van der Waals surface area contributed by atoms with Crippen molar-refractivity contribution in [3.8, 4) is 0 Å². The summed E-state index contributed by atoms with van der Waals surface area (Å²) in [5.74, 6) is -0.811. The smallest absolute Gasteiger partial charge is 0.303 e. The molecular formula is C11H14BrNO2. The number of carboxylic acids is 1. The summed E-state index contributed by atoms with van der Waals surface area (Å²) in [6.45, 7) is 2.00. The van der Waals surface area contributed by atoms with Crippen molar-refractivity contribution < 1.29 is 9.90 Å². The molecule has 0 fully saturated rings. The van der Waals surface area contributed by atoms with E-state index < -0.39 is 5.97 Å². The van der Waals surface area contributed by atoms with Crippen molar-refractivity contribution in [1.29, 1.82) is 0 Å². The van der Waals surface area contributed by atoms with Crippen molar-refractivity contribution >= 4 is 21.9 Å². The van der Waals surface area contributed by atoms with Crippen LogP contribution in [-0.2, 0) is 4.79 Å². The van der Waals surface area contributed by atoms with Crippen LogP contribution in [-0.4, -0.2) is 11.1 Å². The van der Waals surface area contributed by atoms with E-state index in [-0.39, 0.29) is 12.5 Å². The first-order valence-electron chi connectivity index (χ1n) is 4.74. The van der Waals surface area contributed by atoms with Gasteiger partial charge in [0.2, 0.25) is 0 Å². The Labute approximate surface area is 97.4 Å². The lowest BCUT2D eigenvalue weighted by atomic mass is 10.0. The molecule has 0 radical (unpaired) electrons. The third-order valence-electron chi connectivity index (χ3n) is 2.22. The number of carbonyl (C=O) groups is 1. The summed E-state index contributed by atoms with van der Waals surface area (Å²) in [7, 11) is 0. The lowest BCUT2D eigenvalue weighted by Crippen LogP contribution is -2.12. The van der Waals surface area contributed by atoms with Gasteiger partial charge in [0.15, 0.2) is 0 Å². The number of benzene rings is 1. The number of carboxylic acid groups (broad SMARTS) is 1. The van der Waals surface area contributed by atoms with Gasteiger partial charge in [0, 0.05) is 16.9 Å². The van der Waals surface area contributed by atoms with Gasteiger partial charge in [0.25, 0.3) is 0 Å². The fourth-order valence-electron chi connectivity index (χ4n) is 1.37. The van der Waals surface area contributed by atoms with Gasteiger partial charge in [-0.3, -0.25) is 4.79 Å². The van der Waals surface area contributed by atoms with Crippen LogP contribution < -0.4 is 5.73 Å². The highest BCUT2D eigenvalue weighted by molar-refractivity contribution is 9.10. The molecule has 1 aromatic rings. The molecule has 0 aromatic heterocycles. The second-order valence-electron chi connectivity index (χ2n) is 3.56. The summed E-state index contributed by atoms with van der Waals surface area (Å²) in [5.41, 5.74) is 8.01. The molecule has 0 aliphatic rings. The molecule has 4 heteroatoms. The fraction of sp³-hybridized carbons (Fsp3) is 0.364. The minimum absolute atomic E-state index is 0.0987. The zero-order valence-corrected chi connectivity index (χ0v) is 10.1. The Kier molecular flexibility index (Phi) is 4.29. The van der Waals surface area contributed by atoms with E-state index in [1.165, 1.54) is 0 Å². The number of rotatable bonds is 4. The highest BCUT2D eigenvalue weighted by atomic mass is 79.9. The van der Waals surface area contributed by atoms with E-state index in [4.69, 9.17) is 10.8 Å². The van der Waals surface area contributed by atoms with Gasteiger partial charge in [-0.2, -0.15) is 0 Å². The first kappa shape index (κ1) is 12.2. The van der Waals surface area contributed by atoms with Gasteiger partial charge in [0.05, 0.1) is 0 Å². The molecule has 0 spiro atoms. The molecule has 0 amide bonds. The number of hydrogen-bond donors (Lipinski definition) is 2. The molecule has 3 nitrogen and oxygen atoms in total. The van der Waals surface area contributed by atoms with Crippen LogP contribution in [0.4, 0.5) is 0 Å². The monoisotopic (exact) mass is 271 g/mol. The quantitative estimate of drug-likeness (QED) is 0.885. The van der Waals surface area contributed by atoms with E-state index in [1.54, 1.807) is 0 Å². The standard InChI is InChI=1S/C11H14BrNO2/c1-7-2-3-8(9(12)6-7)10(13)4-5-11(14)15/h2-3,6,10H,4-5,13H2,1H3,(H,14,15). The molecule has 0 aliphatic carbocycles. The van der Waals surface area contributed by atoms with E-state index in [1.807, 2.05) is 25.1 Å². The maximum atomic E-state index is 10.4. The summed E-state index contributed by atoms with van der Waals surface area (Å²) in [5, 5.41) is 8.56. The molecule has 0 saturated heterocycles. The lowest BCUT2D eigenvalue weighted by Gasteiger charge is -2.13. The predicted molar refractivity (Wildman–Crippen MR) is 62.7 cm³/mol. The van der Waals surface area contributed by atoms with Crippen molar-refractivity contribution in [1.82, 2.24) is 0 Å². The fourth-order valence-corrected chi connectivity index (χ4v) is 2.15. The Morgan fingerprint density at radius 2 is 2.27 bits per heavy atom. The summed E-state index contributed by atoms with van der Waals surface area (Å²) < 4.78 is 0.945. The van der Waals surface area contributed by atoms with Gasteiger partial charge in [-0.05, 0) is 30.5 Å². The van der Waals surface area contributed by atoms with Crippen LogP contribution >= 0.6 is 15.9 Å². The van der Waals surface area contributed by atoms with Gasteiger partial charge in [-0.25, -0.2) is 0 Å². The van der Waals surface area contributed by atoms with Crippen LogP contribution in [0.1, 0.15) is 30.0 Å². The van der Waals surface area contributed by atoms with Gasteiger partial charge in [0.1, 0.15) is 0 Å². The number of halogens is 1. The van der Waals surface area contributed by atoms with Crippen molar-refractivity contribution in [3.05, 3.63) is 33.8 Å². The SMILES string of the molecule is Cc1ccc(C(N)CCC(=O)O)c(Br)c1. The normalized spacial score (nSPS) is 12.5. The van der Waals surface area contributed by atoms with Crippen LogP contribution in [0.15, 0.2) is 22.7 Å². The second-order valence-corrected chi connectivity index (χ2v) is 4.42. The van der Waals surface area contributed by atoms with E-state index in [0.29, 0.717) is 6.42 Å². The lowest BCUT2D eigenvalue weighted by molar-refractivity contribution is -0.137. The molecule has 15 heavy (non-hydrogen) atoms. The molecule has 0 saturated carbocycles. The largest absolute Gasteiger partial charge is 0.481 e. The number of nitrogens with two attached hydrogens (primary N) is 1. The average Bonchev–Trinajstić information content (AvgIpc) is 2.14. The topological polar surface area (TPSA) is 63.3 Å². The summed E-state index contributed by atoms with van der Waals surface area (Å²) in [6, 6.07) is 5.67. The molecular weight excluding hydrogens is 258 g/mol. The van der Waals surface area contributed by atoms with Crippen molar-refractivity contribution in [2.45, 2.75) is 25.8 Å². The van der Waals surface area contributed by atoms with E-state index >= 15 is 0 Å². The Morgan fingerprint density at radius 1 is 1.60 bits per heavy atom. The van der Waals surface area contributed by atoms with Crippen molar-refractivity contribution in [2.75, 3.05) is 0 Å². The van der Waals surface area contributed by atoms with Crippen molar-refractivity contribution in [3.63, 3.8) is 0 Å². The molecule has 1 rings (SSSR count). The third kappa shape index (κ3) is 3.64. The molecule has 1 aromatic carbocycles. The first-order chi connectivity index (χ1) is 7.00. The molecule has 1 atom stereocenters. The van der Waals surface area contributed by atoms with Crippen LogP contribution in [0.3, 0.4) is 0 Å². The van der Waals surface area contributed by atoms with Crippen LogP contribution in [0.2, 0.25) is 0 Å². The first-order valence-corrected chi connectivity index (χ1v) is 5.53. The highest BCUT2D eigenvalue weighted by Gasteiger charge is 2.11. The van der Waals surface area contributed by atoms with E-state index in [0.717, 1.165) is 15.6 Å². The molecule has 0 heterocycles. The van der Waals surface area contributed by atoms with Gasteiger partial charge < -0.3 is 10.8 Å². The van der Waals surface area contributed by atoms with E-state index in [2.05, 4.69) is 15.9 Å².